The molecule has 0 saturated heterocycles. The molecule has 0 N–H and O–H groups in total. The fourth-order valence-electron chi connectivity index (χ4n) is 2.19. The average molecular weight is 199 g/mol. The molecule has 0 aliphatic heterocycles. The van der Waals surface area contributed by atoms with Crippen molar-refractivity contribution in [1.29, 1.82) is 5.26 Å². The Morgan fingerprint density at radius 1 is 1.47 bits per heavy atom. The lowest BCUT2D eigenvalue weighted by Gasteiger charge is -2.24. The SMILES string of the molecule is CC(C#N)C1CCc2ccccc2C1=O. The quantitative estimate of drug-likeness (QED) is 0.697. The first-order valence-corrected chi connectivity index (χ1v) is 5.25. The van der Waals surface area contributed by atoms with Gasteiger partial charge in [-0.25, -0.2) is 0 Å². The van der Waals surface area contributed by atoms with Gasteiger partial charge in [0.1, 0.15) is 0 Å². The Balaban J connectivity index is 2.35. The Labute approximate surface area is 89.5 Å². The standard InChI is InChI=1S/C13H13NO/c1-9(8-14)11-7-6-10-4-2-3-5-12(10)13(11)15/h2-5,9,11H,6-7H2,1H3. The number of nitrogens with zero attached hydrogens (tertiary/aromatic N) is 1. The van der Waals surface area contributed by atoms with E-state index in [1.165, 1.54) is 0 Å². The molecule has 15 heavy (non-hydrogen) atoms. The van der Waals surface area contributed by atoms with Gasteiger partial charge in [-0.1, -0.05) is 24.3 Å². The number of fused-ring (bicyclic) bond motifs is 1. The number of hydrogen-bond donors (Lipinski definition) is 0. The fraction of sp³-hybridized carbons (Fsp3) is 0.385. The number of Topliss-reactive ketones (excluding diaryl/α,β-unsaturated/α-hetero) is 1. The largest absolute Gasteiger partial charge is 0.294 e. The van der Waals surface area contributed by atoms with Crippen LogP contribution in [0.4, 0.5) is 0 Å². The predicted octanol–water partition coefficient (Wildman–Crippen LogP) is 2.59. The lowest BCUT2D eigenvalue weighted by molar-refractivity contribution is 0.0877. The number of carbonyl (C=O) groups is 1. The fourth-order valence-corrected chi connectivity index (χ4v) is 2.19. The lowest BCUT2D eigenvalue weighted by Crippen LogP contribution is -2.27. The van der Waals surface area contributed by atoms with Crippen molar-refractivity contribution in [3.8, 4) is 6.07 Å². The van der Waals surface area contributed by atoms with Gasteiger partial charge in [0.05, 0.1) is 12.0 Å². The highest BCUT2D eigenvalue weighted by molar-refractivity contribution is 6.00. The van der Waals surface area contributed by atoms with E-state index in [0.717, 1.165) is 24.0 Å². The zero-order valence-corrected chi connectivity index (χ0v) is 8.73. The topological polar surface area (TPSA) is 40.9 Å². The highest BCUT2D eigenvalue weighted by atomic mass is 16.1. The molecular weight excluding hydrogens is 186 g/mol. The number of nitriles is 1. The third-order valence-corrected chi connectivity index (χ3v) is 3.15. The van der Waals surface area contributed by atoms with Crippen molar-refractivity contribution in [3.63, 3.8) is 0 Å². The Hall–Kier alpha value is -1.62. The van der Waals surface area contributed by atoms with Gasteiger partial charge in [0, 0.05) is 11.5 Å². The van der Waals surface area contributed by atoms with Crippen LogP contribution in [-0.2, 0) is 6.42 Å². The first kappa shape index (κ1) is 9.92. The first-order chi connectivity index (χ1) is 7.24. The van der Waals surface area contributed by atoms with Crippen molar-refractivity contribution in [1.82, 2.24) is 0 Å². The molecule has 0 bridgehead atoms. The van der Waals surface area contributed by atoms with Gasteiger partial charge in [0.2, 0.25) is 0 Å². The van der Waals surface area contributed by atoms with Crippen LogP contribution in [0.25, 0.3) is 0 Å². The summed E-state index contributed by atoms with van der Waals surface area (Å²) in [6.45, 7) is 1.83. The number of benzene rings is 1. The number of hydrogen-bond acceptors (Lipinski definition) is 2. The van der Waals surface area contributed by atoms with Gasteiger partial charge in [-0.05, 0) is 25.3 Å². The Morgan fingerprint density at radius 2 is 2.20 bits per heavy atom. The summed E-state index contributed by atoms with van der Waals surface area (Å²) in [7, 11) is 0. The molecule has 2 nitrogen and oxygen atoms in total. The molecule has 1 aromatic rings. The van der Waals surface area contributed by atoms with E-state index in [4.69, 9.17) is 5.26 Å². The van der Waals surface area contributed by atoms with Gasteiger partial charge in [-0.3, -0.25) is 4.79 Å². The molecule has 0 aromatic heterocycles. The normalized spacial score (nSPS) is 21.6. The van der Waals surface area contributed by atoms with Crippen molar-refractivity contribution in [2.24, 2.45) is 11.8 Å². The van der Waals surface area contributed by atoms with Gasteiger partial charge in [0.15, 0.2) is 5.78 Å². The number of carbonyl (C=O) groups excluding carboxylic acids is 1. The second kappa shape index (κ2) is 3.86. The summed E-state index contributed by atoms with van der Waals surface area (Å²) in [6, 6.07) is 9.89. The number of ketones is 1. The van der Waals surface area contributed by atoms with Crippen LogP contribution in [0.15, 0.2) is 24.3 Å². The zero-order chi connectivity index (χ0) is 10.8. The summed E-state index contributed by atoms with van der Waals surface area (Å²) < 4.78 is 0. The van der Waals surface area contributed by atoms with E-state index in [9.17, 15) is 4.79 Å². The van der Waals surface area contributed by atoms with Crippen LogP contribution in [-0.4, -0.2) is 5.78 Å². The zero-order valence-electron chi connectivity index (χ0n) is 8.73. The van der Waals surface area contributed by atoms with Gasteiger partial charge in [-0.2, -0.15) is 5.26 Å². The summed E-state index contributed by atoms with van der Waals surface area (Å²) >= 11 is 0. The van der Waals surface area contributed by atoms with E-state index in [1.54, 1.807) is 0 Å². The Kier molecular flexibility index (Phi) is 2.55. The monoisotopic (exact) mass is 199 g/mol. The third kappa shape index (κ3) is 1.66. The maximum Gasteiger partial charge on any atom is 0.167 e. The van der Waals surface area contributed by atoms with E-state index in [-0.39, 0.29) is 17.6 Å². The van der Waals surface area contributed by atoms with Crippen LogP contribution >= 0.6 is 0 Å². The third-order valence-electron chi connectivity index (χ3n) is 3.15. The molecule has 2 heteroatoms. The average Bonchev–Trinajstić information content (AvgIpc) is 2.29. The molecule has 0 amide bonds. The van der Waals surface area contributed by atoms with Gasteiger partial charge in [-0.15, -0.1) is 0 Å². The van der Waals surface area contributed by atoms with Crippen molar-refractivity contribution in [2.45, 2.75) is 19.8 Å². The van der Waals surface area contributed by atoms with Crippen molar-refractivity contribution >= 4 is 5.78 Å². The minimum atomic E-state index is -0.175. The molecule has 1 aliphatic carbocycles. The van der Waals surface area contributed by atoms with Crippen LogP contribution in [0.3, 0.4) is 0 Å². The van der Waals surface area contributed by atoms with E-state index in [2.05, 4.69) is 6.07 Å². The van der Waals surface area contributed by atoms with Crippen molar-refractivity contribution in [3.05, 3.63) is 35.4 Å². The highest BCUT2D eigenvalue weighted by Gasteiger charge is 2.30. The van der Waals surface area contributed by atoms with Crippen molar-refractivity contribution < 1.29 is 4.79 Å². The summed E-state index contributed by atoms with van der Waals surface area (Å²) in [5.41, 5.74) is 1.94. The first-order valence-electron chi connectivity index (χ1n) is 5.25. The molecule has 1 aliphatic rings. The smallest absolute Gasteiger partial charge is 0.167 e. The molecular formula is C13H13NO. The summed E-state index contributed by atoms with van der Waals surface area (Å²) in [5, 5.41) is 8.85. The van der Waals surface area contributed by atoms with Crippen LogP contribution in [0.2, 0.25) is 0 Å². The lowest BCUT2D eigenvalue weighted by atomic mass is 9.77. The molecule has 0 heterocycles. The Morgan fingerprint density at radius 3 is 2.93 bits per heavy atom. The maximum absolute atomic E-state index is 12.1. The molecule has 0 saturated carbocycles. The van der Waals surface area contributed by atoms with Crippen LogP contribution in [0.1, 0.15) is 29.3 Å². The summed E-state index contributed by atoms with van der Waals surface area (Å²) in [6.07, 6.45) is 1.73. The summed E-state index contributed by atoms with van der Waals surface area (Å²) in [5.74, 6) is -0.137. The molecule has 0 radical (unpaired) electrons. The Bertz CT molecular complexity index is 430. The van der Waals surface area contributed by atoms with Crippen LogP contribution in [0, 0.1) is 23.2 Å². The minimum absolute atomic E-state index is 0.107. The second-order valence-electron chi connectivity index (χ2n) is 4.08. The molecule has 0 spiro atoms. The van der Waals surface area contributed by atoms with E-state index in [0.29, 0.717) is 0 Å². The van der Waals surface area contributed by atoms with E-state index in [1.807, 2.05) is 31.2 Å². The minimum Gasteiger partial charge on any atom is -0.294 e. The molecule has 0 fully saturated rings. The van der Waals surface area contributed by atoms with Crippen LogP contribution in [0.5, 0.6) is 0 Å². The second-order valence-corrected chi connectivity index (χ2v) is 4.08. The van der Waals surface area contributed by atoms with Gasteiger partial charge >= 0.3 is 0 Å². The number of rotatable bonds is 1. The van der Waals surface area contributed by atoms with E-state index < -0.39 is 0 Å². The highest BCUT2D eigenvalue weighted by Crippen LogP contribution is 2.29. The van der Waals surface area contributed by atoms with Crippen molar-refractivity contribution in [2.75, 3.05) is 0 Å². The number of aryl methyl sites for hydroxylation is 1. The molecule has 2 unspecified atom stereocenters. The maximum atomic E-state index is 12.1. The molecule has 1 aromatic carbocycles. The predicted molar refractivity (Wildman–Crippen MR) is 57.4 cm³/mol. The van der Waals surface area contributed by atoms with Gasteiger partial charge < -0.3 is 0 Å². The van der Waals surface area contributed by atoms with Gasteiger partial charge in [0.25, 0.3) is 0 Å². The molecule has 2 rings (SSSR count). The van der Waals surface area contributed by atoms with Crippen LogP contribution < -0.4 is 0 Å². The molecule has 2 atom stereocenters. The molecule has 76 valence electrons. The summed E-state index contributed by atoms with van der Waals surface area (Å²) in [4.78, 5) is 12.1. The van der Waals surface area contributed by atoms with E-state index >= 15 is 0 Å².